The van der Waals surface area contributed by atoms with Crippen molar-refractivity contribution >= 4 is 11.8 Å². The zero-order valence-electron chi connectivity index (χ0n) is 18.1. The maximum Gasteiger partial charge on any atom is 0.416 e. The van der Waals surface area contributed by atoms with E-state index in [9.17, 15) is 22.8 Å². The first-order valence-electron chi connectivity index (χ1n) is 11.2. The SMILES string of the molecule is O=C(NCCCN1CCCC1=O)c1ccc(C2CC(c3cccc(C(F)(F)F)c3)NN2)cc1. The Morgan fingerprint density at radius 3 is 2.45 bits per heavy atom. The van der Waals surface area contributed by atoms with Crippen LogP contribution in [0.15, 0.2) is 48.5 Å². The first kappa shape index (κ1) is 23.3. The summed E-state index contributed by atoms with van der Waals surface area (Å²) < 4.78 is 39.0. The van der Waals surface area contributed by atoms with E-state index in [1.807, 2.05) is 17.0 Å². The highest BCUT2D eigenvalue weighted by atomic mass is 19.4. The van der Waals surface area contributed by atoms with Gasteiger partial charge in [-0.1, -0.05) is 24.3 Å². The second-order valence-corrected chi connectivity index (χ2v) is 8.47. The van der Waals surface area contributed by atoms with Crippen molar-refractivity contribution in [3.63, 3.8) is 0 Å². The van der Waals surface area contributed by atoms with Gasteiger partial charge in [-0.3, -0.25) is 9.59 Å². The van der Waals surface area contributed by atoms with Gasteiger partial charge >= 0.3 is 6.18 Å². The Kier molecular flexibility index (Phi) is 6.99. The fourth-order valence-corrected chi connectivity index (χ4v) is 4.31. The van der Waals surface area contributed by atoms with Crippen LogP contribution in [0.4, 0.5) is 13.2 Å². The van der Waals surface area contributed by atoms with E-state index in [0.717, 1.165) is 24.6 Å². The van der Waals surface area contributed by atoms with Gasteiger partial charge in [-0.25, -0.2) is 10.9 Å². The maximum atomic E-state index is 13.0. The lowest BCUT2D eigenvalue weighted by Gasteiger charge is -2.15. The molecular formula is C24H27F3N4O2. The third kappa shape index (κ3) is 5.72. The lowest BCUT2D eigenvalue weighted by atomic mass is 9.96. The van der Waals surface area contributed by atoms with E-state index in [-0.39, 0.29) is 23.9 Å². The summed E-state index contributed by atoms with van der Waals surface area (Å²) in [4.78, 5) is 25.8. The van der Waals surface area contributed by atoms with Crippen LogP contribution in [0.3, 0.4) is 0 Å². The van der Waals surface area contributed by atoms with E-state index in [2.05, 4.69) is 16.2 Å². The van der Waals surface area contributed by atoms with Gasteiger partial charge in [0.2, 0.25) is 5.91 Å². The molecule has 6 nitrogen and oxygen atoms in total. The molecule has 2 amide bonds. The smallest absolute Gasteiger partial charge is 0.352 e. The zero-order chi connectivity index (χ0) is 23.4. The number of likely N-dealkylation sites (tertiary alicyclic amines) is 1. The van der Waals surface area contributed by atoms with Crippen LogP contribution in [-0.2, 0) is 11.0 Å². The number of hydrogen-bond acceptors (Lipinski definition) is 4. The van der Waals surface area contributed by atoms with E-state index < -0.39 is 11.7 Å². The van der Waals surface area contributed by atoms with Crippen molar-refractivity contribution in [2.75, 3.05) is 19.6 Å². The summed E-state index contributed by atoms with van der Waals surface area (Å²) in [5.41, 5.74) is 7.61. The Balaban J connectivity index is 1.28. The summed E-state index contributed by atoms with van der Waals surface area (Å²) in [6.45, 7) is 1.95. The van der Waals surface area contributed by atoms with Gasteiger partial charge in [0.1, 0.15) is 0 Å². The highest BCUT2D eigenvalue weighted by molar-refractivity contribution is 5.94. The third-order valence-corrected chi connectivity index (χ3v) is 6.16. The predicted molar refractivity (Wildman–Crippen MR) is 117 cm³/mol. The predicted octanol–water partition coefficient (Wildman–Crippen LogP) is 3.73. The van der Waals surface area contributed by atoms with Crippen LogP contribution >= 0.6 is 0 Å². The average Bonchev–Trinajstić information content (AvgIpc) is 3.46. The number of hydrazine groups is 1. The average molecular weight is 461 g/mol. The molecule has 2 aliphatic rings. The first-order valence-corrected chi connectivity index (χ1v) is 11.2. The summed E-state index contributed by atoms with van der Waals surface area (Å²) >= 11 is 0. The van der Waals surface area contributed by atoms with Crippen LogP contribution in [0.2, 0.25) is 0 Å². The molecule has 2 heterocycles. The molecule has 4 rings (SSSR count). The normalized spacial score (nSPS) is 20.9. The molecule has 0 spiro atoms. The summed E-state index contributed by atoms with van der Waals surface area (Å²) in [7, 11) is 0. The Labute approximate surface area is 190 Å². The number of benzene rings is 2. The van der Waals surface area contributed by atoms with Gasteiger partial charge in [0.05, 0.1) is 5.56 Å². The van der Waals surface area contributed by atoms with E-state index >= 15 is 0 Å². The number of nitrogens with zero attached hydrogens (tertiary/aromatic N) is 1. The van der Waals surface area contributed by atoms with Crippen LogP contribution in [0.25, 0.3) is 0 Å². The van der Waals surface area contributed by atoms with Crippen LogP contribution < -0.4 is 16.2 Å². The Hall–Kier alpha value is -2.91. The van der Waals surface area contributed by atoms with E-state index in [1.165, 1.54) is 12.1 Å². The van der Waals surface area contributed by atoms with Crippen LogP contribution in [0.5, 0.6) is 0 Å². The lowest BCUT2D eigenvalue weighted by molar-refractivity contribution is -0.137. The van der Waals surface area contributed by atoms with E-state index in [1.54, 1.807) is 18.2 Å². The molecule has 2 aliphatic heterocycles. The van der Waals surface area contributed by atoms with Gasteiger partial charge in [0.25, 0.3) is 5.91 Å². The molecule has 2 fully saturated rings. The van der Waals surface area contributed by atoms with Crippen molar-refractivity contribution in [1.29, 1.82) is 0 Å². The molecule has 2 aromatic rings. The minimum atomic E-state index is -4.37. The molecule has 0 saturated carbocycles. The molecule has 0 aromatic heterocycles. The maximum absolute atomic E-state index is 13.0. The number of hydrogen-bond donors (Lipinski definition) is 3. The second-order valence-electron chi connectivity index (χ2n) is 8.47. The minimum absolute atomic E-state index is 0.0837. The summed E-state index contributed by atoms with van der Waals surface area (Å²) in [6.07, 6.45) is -1.55. The van der Waals surface area contributed by atoms with Crippen LogP contribution in [-0.4, -0.2) is 36.3 Å². The fourth-order valence-electron chi connectivity index (χ4n) is 4.31. The Morgan fingerprint density at radius 1 is 1.06 bits per heavy atom. The largest absolute Gasteiger partial charge is 0.416 e. The van der Waals surface area contributed by atoms with Crippen LogP contribution in [0.1, 0.15) is 64.8 Å². The molecular weight excluding hydrogens is 433 g/mol. The highest BCUT2D eigenvalue weighted by Crippen LogP contribution is 2.34. The molecule has 176 valence electrons. The molecule has 2 unspecified atom stereocenters. The van der Waals surface area contributed by atoms with Crippen molar-refractivity contribution in [2.24, 2.45) is 0 Å². The van der Waals surface area contributed by atoms with Crippen molar-refractivity contribution < 1.29 is 22.8 Å². The number of alkyl halides is 3. The molecule has 33 heavy (non-hydrogen) atoms. The molecule has 0 radical (unpaired) electrons. The van der Waals surface area contributed by atoms with Crippen molar-refractivity contribution in [3.8, 4) is 0 Å². The molecule has 2 saturated heterocycles. The summed E-state index contributed by atoms with van der Waals surface area (Å²) in [5, 5.41) is 2.88. The summed E-state index contributed by atoms with van der Waals surface area (Å²) in [6, 6.07) is 12.2. The van der Waals surface area contributed by atoms with Gasteiger partial charge in [0, 0.05) is 43.7 Å². The summed E-state index contributed by atoms with van der Waals surface area (Å²) in [5.74, 6) is 0.0101. The third-order valence-electron chi connectivity index (χ3n) is 6.16. The molecule has 0 aliphatic carbocycles. The number of amides is 2. The fraction of sp³-hybridized carbons (Fsp3) is 0.417. The standard InChI is InChI=1S/C24H27F3N4O2/c25-24(26,27)19-5-1-4-18(14-19)21-15-20(29-30-21)16-7-9-17(10-8-16)23(33)28-11-3-13-31-12-2-6-22(31)32/h1,4-5,7-10,14,20-21,29-30H,2-3,6,11-13,15H2,(H,28,33). The number of halogens is 3. The second kappa shape index (κ2) is 9.93. The first-order chi connectivity index (χ1) is 15.8. The molecule has 0 bridgehead atoms. The topological polar surface area (TPSA) is 73.5 Å². The Morgan fingerprint density at radius 2 is 1.79 bits per heavy atom. The molecule has 9 heteroatoms. The zero-order valence-corrected chi connectivity index (χ0v) is 18.1. The number of carbonyl (C=O) groups excluding carboxylic acids is 2. The van der Waals surface area contributed by atoms with E-state index in [0.29, 0.717) is 43.5 Å². The van der Waals surface area contributed by atoms with Gasteiger partial charge < -0.3 is 10.2 Å². The molecule has 3 N–H and O–H groups in total. The Bertz CT molecular complexity index is 994. The van der Waals surface area contributed by atoms with Gasteiger partial charge in [-0.2, -0.15) is 13.2 Å². The van der Waals surface area contributed by atoms with Gasteiger partial charge in [0.15, 0.2) is 0 Å². The molecule has 2 aromatic carbocycles. The number of rotatable bonds is 7. The lowest BCUT2D eigenvalue weighted by Crippen LogP contribution is -2.30. The van der Waals surface area contributed by atoms with Gasteiger partial charge in [-0.05, 0) is 54.7 Å². The van der Waals surface area contributed by atoms with Crippen molar-refractivity contribution in [3.05, 3.63) is 70.8 Å². The van der Waals surface area contributed by atoms with E-state index in [4.69, 9.17) is 0 Å². The highest BCUT2D eigenvalue weighted by Gasteiger charge is 2.32. The van der Waals surface area contributed by atoms with Crippen LogP contribution in [0, 0.1) is 0 Å². The number of carbonyl (C=O) groups is 2. The number of nitrogens with one attached hydrogen (secondary N) is 3. The minimum Gasteiger partial charge on any atom is -0.352 e. The molecule has 2 atom stereocenters. The quantitative estimate of drug-likeness (QED) is 0.551. The van der Waals surface area contributed by atoms with Crippen molar-refractivity contribution in [2.45, 2.75) is 43.9 Å². The van der Waals surface area contributed by atoms with Gasteiger partial charge in [-0.15, -0.1) is 0 Å². The monoisotopic (exact) mass is 460 g/mol. The van der Waals surface area contributed by atoms with Crippen molar-refractivity contribution in [1.82, 2.24) is 21.1 Å².